The third-order valence-corrected chi connectivity index (χ3v) is 8.76. The van der Waals surface area contributed by atoms with Gasteiger partial charge in [-0.2, -0.15) is 4.98 Å². The number of anilines is 2. The second-order valence-electron chi connectivity index (χ2n) is 12.2. The zero-order valence-corrected chi connectivity index (χ0v) is 22.1. The Balaban J connectivity index is 1.19. The second-order valence-corrected chi connectivity index (χ2v) is 12.2. The smallest absolute Gasteiger partial charge is 0.227 e. The first-order valence-corrected chi connectivity index (χ1v) is 13.3. The van der Waals surface area contributed by atoms with Crippen molar-refractivity contribution in [2.75, 3.05) is 36.4 Å². The van der Waals surface area contributed by atoms with Crippen molar-refractivity contribution in [1.82, 2.24) is 14.9 Å². The van der Waals surface area contributed by atoms with Gasteiger partial charge in [-0.25, -0.2) is 4.98 Å². The molecular weight excluding hydrogens is 418 g/mol. The van der Waals surface area contributed by atoms with Crippen LogP contribution in [0.4, 0.5) is 11.8 Å². The Morgan fingerprint density at radius 2 is 1.76 bits per heavy atom. The molecule has 34 heavy (non-hydrogen) atoms. The van der Waals surface area contributed by atoms with Gasteiger partial charge in [-0.3, -0.25) is 0 Å². The fourth-order valence-electron chi connectivity index (χ4n) is 6.36. The van der Waals surface area contributed by atoms with Crippen molar-refractivity contribution in [1.29, 1.82) is 0 Å². The van der Waals surface area contributed by atoms with Gasteiger partial charge in [0.05, 0.1) is 0 Å². The molecule has 1 aromatic heterocycles. The molecule has 0 bridgehead atoms. The molecule has 2 aliphatic heterocycles. The zero-order valence-electron chi connectivity index (χ0n) is 22.1. The van der Waals surface area contributed by atoms with E-state index in [1.807, 2.05) is 0 Å². The number of nitrogens with one attached hydrogen (secondary N) is 1. The highest BCUT2D eigenvalue weighted by Gasteiger charge is 2.43. The van der Waals surface area contributed by atoms with E-state index in [1.165, 1.54) is 55.5 Å². The van der Waals surface area contributed by atoms with Gasteiger partial charge in [0.25, 0.3) is 0 Å². The van der Waals surface area contributed by atoms with E-state index >= 15 is 0 Å². The molecule has 2 saturated heterocycles. The molecule has 3 heterocycles. The quantitative estimate of drug-likeness (QED) is 0.601. The molecule has 1 saturated carbocycles. The minimum absolute atomic E-state index is 0.565. The topological polar surface area (TPSA) is 44.3 Å². The number of benzene rings is 1. The van der Waals surface area contributed by atoms with E-state index in [0.29, 0.717) is 5.41 Å². The van der Waals surface area contributed by atoms with E-state index < -0.39 is 0 Å². The summed E-state index contributed by atoms with van der Waals surface area (Å²) in [6.45, 7) is 19.0. The average Bonchev–Trinajstić information content (AvgIpc) is 2.73. The first-order valence-electron chi connectivity index (χ1n) is 13.3. The molecule has 5 rings (SSSR count). The maximum Gasteiger partial charge on any atom is 0.227 e. The van der Waals surface area contributed by atoms with Crippen LogP contribution in [0.1, 0.15) is 67.5 Å². The monoisotopic (exact) mass is 461 g/mol. The van der Waals surface area contributed by atoms with E-state index in [9.17, 15) is 0 Å². The normalized spacial score (nSPS) is 23.5. The van der Waals surface area contributed by atoms with E-state index in [0.717, 1.165) is 60.5 Å². The Kier molecular flexibility index (Phi) is 6.34. The number of nitrogens with zero attached hydrogens (tertiary/aromatic N) is 4. The third-order valence-electron chi connectivity index (χ3n) is 8.76. The lowest BCUT2D eigenvalue weighted by Gasteiger charge is -2.53. The maximum atomic E-state index is 4.97. The van der Waals surface area contributed by atoms with Crippen LogP contribution in [0.15, 0.2) is 18.2 Å². The van der Waals surface area contributed by atoms with Crippen LogP contribution in [0.25, 0.3) is 0 Å². The van der Waals surface area contributed by atoms with Crippen LogP contribution in [0, 0.1) is 44.9 Å². The van der Waals surface area contributed by atoms with Gasteiger partial charge in [0, 0.05) is 43.5 Å². The summed E-state index contributed by atoms with van der Waals surface area (Å²) >= 11 is 0. The highest BCUT2D eigenvalue weighted by atomic mass is 15.3. The van der Waals surface area contributed by atoms with Gasteiger partial charge in [-0.1, -0.05) is 37.6 Å². The van der Waals surface area contributed by atoms with Gasteiger partial charge in [-0.05, 0) is 88.3 Å². The molecular formula is C29H43N5. The summed E-state index contributed by atoms with van der Waals surface area (Å²) in [5, 5.41) is 3.60. The predicted octanol–water partition coefficient (Wildman–Crippen LogP) is 5.66. The summed E-state index contributed by atoms with van der Waals surface area (Å²) in [4.78, 5) is 15.0. The van der Waals surface area contributed by atoms with E-state index in [-0.39, 0.29) is 0 Å². The number of aromatic nitrogens is 2. The zero-order chi connectivity index (χ0) is 24.0. The van der Waals surface area contributed by atoms with Crippen molar-refractivity contribution < 1.29 is 0 Å². The van der Waals surface area contributed by atoms with Crippen LogP contribution in [0.3, 0.4) is 0 Å². The number of likely N-dealkylation sites (tertiary alicyclic amines) is 1. The van der Waals surface area contributed by atoms with Crippen LogP contribution in [0.2, 0.25) is 0 Å². The summed E-state index contributed by atoms with van der Waals surface area (Å²) in [7, 11) is 0. The standard InChI is InChI=1S/C29H43N5/c1-19-9-10-23(20(2)12-19)15-30-27-21(3)22(4)31-28(32-27)34-17-25(18-34)24-8-7-11-33(16-24)26-13-29(5,6)14-26/h9-10,12,24-26H,7-8,11,13-18H2,1-6H3,(H,30,31,32)/t24-/m0/s1. The predicted molar refractivity (Wildman–Crippen MR) is 142 cm³/mol. The lowest BCUT2D eigenvalue weighted by atomic mass is 9.67. The van der Waals surface area contributed by atoms with Crippen molar-refractivity contribution >= 4 is 11.8 Å². The Morgan fingerprint density at radius 3 is 2.47 bits per heavy atom. The molecule has 3 aliphatic rings. The molecule has 5 nitrogen and oxygen atoms in total. The second kappa shape index (κ2) is 9.14. The van der Waals surface area contributed by atoms with Crippen molar-refractivity contribution in [3.63, 3.8) is 0 Å². The number of hydrogen-bond acceptors (Lipinski definition) is 5. The van der Waals surface area contributed by atoms with Crippen LogP contribution in [-0.2, 0) is 6.54 Å². The highest BCUT2D eigenvalue weighted by molar-refractivity contribution is 5.52. The van der Waals surface area contributed by atoms with Crippen molar-refractivity contribution in [3.05, 3.63) is 46.1 Å². The summed E-state index contributed by atoms with van der Waals surface area (Å²) in [6, 6.07) is 7.49. The summed E-state index contributed by atoms with van der Waals surface area (Å²) in [5.74, 6) is 3.49. The Morgan fingerprint density at radius 1 is 1.00 bits per heavy atom. The lowest BCUT2D eigenvalue weighted by molar-refractivity contribution is -0.00913. The summed E-state index contributed by atoms with van der Waals surface area (Å²) in [6.07, 6.45) is 5.52. The van der Waals surface area contributed by atoms with Crippen LogP contribution in [-0.4, -0.2) is 47.1 Å². The first-order chi connectivity index (χ1) is 16.2. The van der Waals surface area contributed by atoms with Crippen LogP contribution < -0.4 is 10.2 Å². The molecule has 5 heteroatoms. The van der Waals surface area contributed by atoms with Gasteiger partial charge in [0.15, 0.2) is 0 Å². The molecule has 0 spiro atoms. The molecule has 0 amide bonds. The molecule has 3 fully saturated rings. The van der Waals surface area contributed by atoms with E-state index in [4.69, 9.17) is 9.97 Å². The van der Waals surface area contributed by atoms with Crippen molar-refractivity contribution in [2.24, 2.45) is 17.3 Å². The van der Waals surface area contributed by atoms with E-state index in [1.54, 1.807) is 0 Å². The van der Waals surface area contributed by atoms with Crippen LogP contribution >= 0.6 is 0 Å². The van der Waals surface area contributed by atoms with Gasteiger partial charge in [0.1, 0.15) is 5.82 Å². The summed E-state index contributed by atoms with van der Waals surface area (Å²) < 4.78 is 0. The minimum atomic E-state index is 0.565. The average molecular weight is 462 g/mol. The molecule has 1 atom stereocenters. The number of piperidine rings is 1. The first kappa shape index (κ1) is 23.6. The number of aryl methyl sites for hydroxylation is 3. The van der Waals surface area contributed by atoms with Crippen molar-refractivity contribution in [2.45, 2.75) is 79.8 Å². The van der Waals surface area contributed by atoms with Crippen LogP contribution in [0.5, 0.6) is 0 Å². The number of hydrogen-bond donors (Lipinski definition) is 1. The molecule has 1 aliphatic carbocycles. The third kappa shape index (κ3) is 4.82. The molecule has 184 valence electrons. The van der Waals surface area contributed by atoms with E-state index in [2.05, 4.69) is 74.9 Å². The molecule has 0 radical (unpaired) electrons. The highest BCUT2D eigenvalue weighted by Crippen LogP contribution is 2.44. The number of rotatable bonds is 6. The Labute approximate surface area is 206 Å². The fraction of sp³-hybridized carbons (Fsp3) is 0.655. The van der Waals surface area contributed by atoms with Gasteiger partial charge < -0.3 is 15.1 Å². The Bertz CT molecular complexity index is 1030. The SMILES string of the molecule is Cc1ccc(CNc2nc(N3CC([C@H]4CCCN(C5CC(C)(C)C5)C4)C3)nc(C)c2C)c(C)c1. The largest absolute Gasteiger partial charge is 0.366 e. The lowest BCUT2D eigenvalue weighted by Crippen LogP contribution is -2.57. The molecule has 1 aromatic carbocycles. The molecule has 2 aromatic rings. The molecule has 0 unspecified atom stereocenters. The van der Waals surface area contributed by atoms with Crippen molar-refractivity contribution in [3.8, 4) is 0 Å². The van der Waals surface area contributed by atoms with Gasteiger partial charge >= 0.3 is 0 Å². The molecule has 1 N–H and O–H groups in total. The Hall–Kier alpha value is -2.14. The fourth-order valence-corrected chi connectivity index (χ4v) is 6.36. The van der Waals surface area contributed by atoms with Gasteiger partial charge in [0.2, 0.25) is 5.95 Å². The maximum absolute atomic E-state index is 4.97. The summed E-state index contributed by atoms with van der Waals surface area (Å²) in [5.41, 5.74) is 6.75. The minimum Gasteiger partial charge on any atom is -0.366 e. The van der Waals surface area contributed by atoms with Gasteiger partial charge in [-0.15, -0.1) is 0 Å².